The van der Waals surface area contributed by atoms with Crippen molar-refractivity contribution >= 4 is 5.91 Å². The Balaban J connectivity index is 1.54. The maximum atomic E-state index is 13.0. The minimum atomic E-state index is -0.672. The van der Waals surface area contributed by atoms with Crippen LogP contribution in [0.1, 0.15) is 29.0 Å². The zero-order valence-electron chi connectivity index (χ0n) is 15.0. The van der Waals surface area contributed by atoms with E-state index in [9.17, 15) is 15.0 Å². The van der Waals surface area contributed by atoms with Crippen molar-refractivity contribution in [2.75, 3.05) is 13.1 Å². The Bertz CT molecular complexity index is 816. The molecular weight excluding hydrogens is 332 g/mol. The molecule has 0 radical (unpaired) electrons. The quantitative estimate of drug-likeness (QED) is 0.837. The first-order valence-electron chi connectivity index (χ1n) is 9.06. The number of aryl methyl sites for hydroxylation is 2. The molecule has 1 aliphatic carbocycles. The summed E-state index contributed by atoms with van der Waals surface area (Å²) in [5.41, 5.74) is 1.49. The molecular formula is C19H24N4O3. The second kappa shape index (κ2) is 6.48. The van der Waals surface area contributed by atoms with E-state index in [-0.39, 0.29) is 17.7 Å². The number of benzene rings is 1. The van der Waals surface area contributed by atoms with Crippen molar-refractivity contribution < 1.29 is 15.0 Å². The lowest BCUT2D eigenvalue weighted by atomic mass is 9.79. The minimum Gasteiger partial charge on any atom is -0.390 e. The van der Waals surface area contributed by atoms with Crippen molar-refractivity contribution in [3.8, 4) is 11.4 Å². The molecule has 2 aromatic rings. The van der Waals surface area contributed by atoms with Gasteiger partial charge in [0, 0.05) is 31.3 Å². The predicted molar refractivity (Wildman–Crippen MR) is 95.3 cm³/mol. The van der Waals surface area contributed by atoms with Crippen LogP contribution in [0.25, 0.3) is 11.4 Å². The van der Waals surface area contributed by atoms with Crippen molar-refractivity contribution in [2.24, 2.45) is 18.9 Å². The highest BCUT2D eigenvalue weighted by Crippen LogP contribution is 2.37. The van der Waals surface area contributed by atoms with Gasteiger partial charge < -0.3 is 15.1 Å². The highest BCUT2D eigenvalue weighted by atomic mass is 16.3. The van der Waals surface area contributed by atoms with Crippen molar-refractivity contribution in [2.45, 2.75) is 32.0 Å². The molecule has 2 fully saturated rings. The maximum absolute atomic E-state index is 13.0. The number of aliphatic hydroxyl groups is 2. The number of fused-ring (bicyclic) bond motifs is 1. The molecule has 4 rings (SSSR count). The molecule has 26 heavy (non-hydrogen) atoms. The van der Waals surface area contributed by atoms with E-state index in [1.165, 1.54) is 0 Å². The van der Waals surface area contributed by atoms with E-state index in [0.29, 0.717) is 37.3 Å². The summed E-state index contributed by atoms with van der Waals surface area (Å²) in [7, 11) is 1.84. The van der Waals surface area contributed by atoms with Gasteiger partial charge in [-0.1, -0.05) is 12.1 Å². The Morgan fingerprint density at radius 2 is 1.81 bits per heavy atom. The highest BCUT2D eigenvalue weighted by Gasteiger charge is 2.42. The van der Waals surface area contributed by atoms with Crippen molar-refractivity contribution in [1.29, 1.82) is 0 Å². The number of aliphatic hydroxyl groups excluding tert-OH is 2. The smallest absolute Gasteiger partial charge is 0.253 e. The average Bonchev–Trinajstić information content (AvgIpc) is 3.17. The van der Waals surface area contributed by atoms with Crippen molar-refractivity contribution in [3.63, 3.8) is 0 Å². The second-order valence-corrected chi connectivity index (χ2v) is 7.52. The summed E-state index contributed by atoms with van der Waals surface area (Å²) in [6.45, 7) is 3.12. The lowest BCUT2D eigenvalue weighted by Crippen LogP contribution is -2.38. The number of nitrogens with zero attached hydrogens (tertiary/aromatic N) is 4. The number of carbonyl (C=O) groups is 1. The van der Waals surface area contributed by atoms with E-state index in [2.05, 4.69) is 10.1 Å². The van der Waals surface area contributed by atoms with Gasteiger partial charge >= 0.3 is 0 Å². The third kappa shape index (κ3) is 3.01. The highest BCUT2D eigenvalue weighted by molar-refractivity contribution is 5.95. The molecule has 0 bridgehead atoms. The Hall–Kier alpha value is -2.25. The molecule has 1 aromatic heterocycles. The van der Waals surface area contributed by atoms with Crippen LogP contribution in [0.4, 0.5) is 0 Å². The molecule has 0 unspecified atom stereocenters. The second-order valence-electron chi connectivity index (χ2n) is 7.52. The monoisotopic (exact) mass is 356 g/mol. The number of aromatic nitrogens is 3. The van der Waals surface area contributed by atoms with Gasteiger partial charge in [-0.05, 0) is 43.7 Å². The zero-order chi connectivity index (χ0) is 18.4. The third-order valence-electron chi connectivity index (χ3n) is 5.63. The van der Waals surface area contributed by atoms with Gasteiger partial charge in [-0.2, -0.15) is 5.10 Å². The number of likely N-dealkylation sites (tertiary alicyclic amines) is 1. The zero-order valence-corrected chi connectivity index (χ0v) is 15.0. The van der Waals surface area contributed by atoms with Crippen LogP contribution in [-0.2, 0) is 7.05 Å². The fourth-order valence-corrected chi connectivity index (χ4v) is 4.31. The van der Waals surface area contributed by atoms with E-state index in [4.69, 9.17) is 0 Å². The summed E-state index contributed by atoms with van der Waals surface area (Å²) >= 11 is 0. The summed E-state index contributed by atoms with van der Waals surface area (Å²) in [6.07, 6.45) is -0.218. The summed E-state index contributed by atoms with van der Waals surface area (Å²) in [5.74, 6) is 1.95. The van der Waals surface area contributed by atoms with E-state index in [1.54, 1.807) is 4.68 Å². The van der Waals surface area contributed by atoms with Crippen LogP contribution >= 0.6 is 0 Å². The summed E-state index contributed by atoms with van der Waals surface area (Å²) in [6, 6.07) is 7.47. The van der Waals surface area contributed by atoms with Crippen LogP contribution in [0, 0.1) is 18.8 Å². The first-order valence-corrected chi connectivity index (χ1v) is 9.06. The molecule has 1 saturated heterocycles. The summed E-state index contributed by atoms with van der Waals surface area (Å²) < 4.78 is 1.71. The molecule has 0 spiro atoms. The van der Waals surface area contributed by atoms with Gasteiger partial charge in [-0.15, -0.1) is 0 Å². The number of carbonyl (C=O) groups excluding carboxylic acids is 1. The van der Waals surface area contributed by atoms with E-state index in [1.807, 2.05) is 43.1 Å². The fourth-order valence-electron chi connectivity index (χ4n) is 4.31. The topological polar surface area (TPSA) is 91.5 Å². The largest absolute Gasteiger partial charge is 0.390 e. The molecule has 7 heteroatoms. The number of amides is 1. The molecule has 1 amide bonds. The summed E-state index contributed by atoms with van der Waals surface area (Å²) in [5, 5.41) is 24.0. The van der Waals surface area contributed by atoms with Crippen LogP contribution in [-0.4, -0.2) is 61.1 Å². The lowest BCUT2D eigenvalue weighted by molar-refractivity contribution is -0.0372. The van der Waals surface area contributed by atoms with Crippen LogP contribution < -0.4 is 0 Å². The van der Waals surface area contributed by atoms with Gasteiger partial charge in [0.2, 0.25) is 0 Å². The molecule has 2 aliphatic rings. The normalized spacial score (nSPS) is 28.2. The molecule has 2 heterocycles. The Morgan fingerprint density at radius 3 is 2.38 bits per heavy atom. The van der Waals surface area contributed by atoms with E-state index >= 15 is 0 Å². The van der Waals surface area contributed by atoms with Gasteiger partial charge in [0.05, 0.1) is 12.2 Å². The van der Waals surface area contributed by atoms with E-state index < -0.39 is 12.2 Å². The van der Waals surface area contributed by atoms with Gasteiger partial charge in [0.1, 0.15) is 5.82 Å². The minimum absolute atomic E-state index is 0.0101. The molecule has 7 nitrogen and oxygen atoms in total. The van der Waals surface area contributed by atoms with Crippen LogP contribution in [0.5, 0.6) is 0 Å². The third-order valence-corrected chi connectivity index (χ3v) is 5.63. The standard InChI is InChI=1S/C19H24N4O3/c1-11-20-18(22(2)21-11)12-4-3-5-13(6-12)19(26)23-9-14-7-16(24)17(25)8-15(14)10-23/h3-6,14-17,24-25H,7-10H2,1-2H3/t14-,15+,16+,17-. The van der Waals surface area contributed by atoms with Crippen LogP contribution in [0.15, 0.2) is 24.3 Å². The molecule has 4 atom stereocenters. The molecule has 1 aromatic carbocycles. The number of hydrogen-bond acceptors (Lipinski definition) is 5. The molecule has 2 N–H and O–H groups in total. The number of hydrogen-bond donors (Lipinski definition) is 2. The first-order chi connectivity index (χ1) is 12.4. The van der Waals surface area contributed by atoms with E-state index in [0.717, 1.165) is 11.4 Å². The van der Waals surface area contributed by atoms with Gasteiger partial charge in [-0.3, -0.25) is 4.79 Å². The van der Waals surface area contributed by atoms with Crippen molar-refractivity contribution in [3.05, 3.63) is 35.7 Å². The molecule has 1 saturated carbocycles. The van der Waals surface area contributed by atoms with Gasteiger partial charge in [0.15, 0.2) is 5.82 Å². The SMILES string of the molecule is Cc1nc(-c2cccc(C(=O)N3C[C@H]4C[C@H](O)[C@H](O)C[C@H]4C3)c2)n(C)n1. The lowest BCUT2D eigenvalue weighted by Gasteiger charge is -2.31. The Kier molecular flexibility index (Phi) is 4.28. The molecule has 138 valence electrons. The summed E-state index contributed by atoms with van der Waals surface area (Å²) in [4.78, 5) is 19.3. The molecule has 1 aliphatic heterocycles. The van der Waals surface area contributed by atoms with Crippen LogP contribution in [0.2, 0.25) is 0 Å². The Morgan fingerprint density at radius 1 is 1.15 bits per heavy atom. The first kappa shape index (κ1) is 17.2. The van der Waals surface area contributed by atoms with Gasteiger partial charge in [-0.25, -0.2) is 9.67 Å². The maximum Gasteiger partial charge on any atom is 0.253 e. The number of rotatable bonds is 2. The average molecular weight is 356 g/mol. The van der Waals surface area contributed by atoms with Crippen LogP contribution in [0.3, 0.4) is 0 Å². The fraction of sp³-hybridized carbons (Fsp3) is 0.526. The van der Waals surface area contributed by atoms with Gasteiger partial charge in [0.25, 0.3) is 5.91 Å². The Labute approximate surface area is 152 Å². The predicted octanol–water partition coefficient (Wildman–Crippen LogP) is 0.994. The van der Waals surface area contributed by atoms with Crippen molar-refractivity contribution in [1.82, 2.24) is 19.7 Å².